The molecule has 0 bridgehead atoms. The van der Waals surface area contributed by atoms with E-state index in [9.17, 15) is 0 Å². The van der Waals surface area contributed by atoms with Crippen molar-refractivity contribution >= 4 is 5.69 Å². The summed E-state index contributed by atoms with van der Waals surface area (Å²) in [7, 11) is 0. The predicted molar refractivity (Wildman–Crippen MR) is 79.2 cm³/mol. The third-order valence-electron chi connectivity index (χ3n) is 3.69. The van der Waals surface area contributed by atoms with E-state index in [0.29, 0.717) is 0 Å². The fraction of sp³-hybridized carbons (Fsp3) is 0.294. The van der Waals surface area contributed by atoms with Crippen LogP contribution in [0, 0.1) is 6.07 Å². The molecule has 97 valence electrons. The van der Waals surface area contributed by atoms with Crippen LogP contribution in [-0.2, 0) is 6.54 Å². The lowest BCUT2D eigenvalue weighted by Gasteiger charge is -2.36. The molecule has 0 unspecified atom stereocenters. The van der Waals surface area contributed by atoms with E-state index in [1.54, 1.807) is 0 Å². The van der Waals surface area contributed by atoms with E-state index in [1.165, 1.54) is 11.3 Å². The van der Waals surface area contributed by atoms with E-state index in [1.807, 2.05) is 12.1 Å². The van der Waals surface area contributed by atoms with Crippen LogP contribution in [0.4, 0.5) is 5.69 Å². The van der Waals surface area contributed by atoms with Crippen LogP contribution in [0.1, 0.15) is 5.56 Å². The Morgan fingerprint density at radius 2 is 1.53 bits per heavy atom. The molecule has 1 aliphatic rings. The molecule has 19 heavy (non-hydrogen) atoms. The second-order valence-corrected chi connectivity index (χ2v) is 5.01. The van der Waals surface area contributed by atoms with E-state index >= 15 is 0 Å². The van der Waals surface area contributed by atoms with Crippen molar-refractivity contribution < 1.29 is 0 Å². The van der Waals surface area contributed by atoms with Gasteiger partial charge in [-0.15, -0.1) is 0 Å². The van der Waals surface area contributed by atoms with Gasteiger partial charge in [-0.25, -0.2) is 0 Å². The molecule has 1 heterocycles. The molecule has 2 nitrogen and oxygen atoms in total. The van der Waals surface area contributed by atoms with Gasteiger partial charge in [-0.2, -0.15) is 0 Å². The zero-order chi connectivity index (χ0) is 12.9. The molecule has 0 saturated carbocycles. The summed E-state index contributed by atoms with van der Waals surface area (Å²) in [6.07, 6.45) is 0. The van der Waals surface area contributed by atoms with E-state index in [2.05, 4.69) is 58.3 Å². The number of piperazine rings is 1. The van der Waals surface area contributed by atoms with Gasteiger partial charge in [0.25, 0.3) is 0 Å². The molecule has 1 fully saturated rings. The van der Waals surface area contributed by atoms with Crippen LogP contribution in [0.2, 0.25) is 0 Å². The average molecular weight is 251 g/mol. The topological polar surface area (TPSA) is 6.48 Å². The Kier molecular flexibility index (Phi) is 3.80. The van der Waals surface area contributed by atoms with Crippen molar-refractivity contribution in [2.45, 2.75) is 6.54 Å². The fourth-order valence-electron chi connectivity index (χ4n) is 2.59. The quantitative estimate of drug-likeness (QED) is 0.827. The Morgan fingerprint density at radius 3 is 2.21 bits per heavy atom. The number of para-hydroxylation sites is 1. The van der Waals surface area contributed by atoms with Gasteiger partial charge in [0.05, 0.1) is 0 Å². The lowest BCUT2D eigenvalue weighted by molar-refractivity contribution is 0.250. The maximum absolute atomic E-state index is 3.07. The number of nitrogens with zero attached hydrogens (tertiary/aromatic N) is 2. The molecule has 2 aromatic rings. The van der Waals surface area contributed by atoms with Crippen LogP contribution < -0.4 is 4.90 Å². The number of benzene rings is 2. The summed E-state index contributed by atoms with van der Waals surface area (Å²) in [4.78, 5) is 4.99. The minimum absolute atomic E-state index is 1.05. The lowest BCUT2D eigenvalue weighted by atomic mass is 10.2. The number of hydrogen-bond acceptors (Lipinski definition) is 2. The molecule has 0 amide bonds. The summed E-state index contributed by atoms with van der Waals surface area (Å²) in [6, 6.07) is 22.1. The van der Waals surface area contributed by atoms with Crippen molar-refractivity contribution in [1.82, 2.24) is 4.90 Å². The Labute approximate surface area is 115 Å². The summed E-state index contributed by atoms with van der Waals surface area (Å²) < 4.78 is 0. The normalized spacial score (nSPS) is 16.5. The van der Waals surface area contributed by atoms with Gasteiger partial charge in [0.15, 0.2) is 0 Å². The summed E-state index contributed by atoms with van der Waals surface area (Å²) in [5.74, 6) is 0. The first-order chi connectivity index (χ1) is 9.42. The SMILES string of the molecule is [c]1ccc(CN2CCN(c3ccccc3)CC2)cc1. The van der Waals surface area contributed by atoms with E-state index in [0.717, 1.165) is 32.7 Å². The van der Waals surface area contributed by atoms with Gasteiger partial charge < -0.3 is 4.90 Å². The van der Waals surface area contributed by atoms with Crippen LogP contribution in [0.5, 0.6) is 0 Å². The van der Waals surface area contributed by atoms with Gasteiger partial charge in [-0.05, 0) is 23.8 Å². The monoisotopic (exact) mass is 251 g/mol. The largest absolute Gasteiger partial charge is 0.369 e. The highest BCUT2D eigenvalue weighted by atomic mass is 15.3. The second-order valence-electron chi connectivity index (χ2n) is 5.01. The Balaban J connectivity index is 1.55. The molecule has 0 atom stereocenters. The van der Waals surface area contributed by atoms with Crippen molar-refractivity contribution in [3.05, 3.63) is 66.2 Å². The molecule has 1 aliphatic heterocycles. The van der Waals surface area contributed by atoms with E-state index < -0.39 is 0 Å². The van der Waals surface area contributed by atoms with Crippen LogP contribution in [-0.4, -0.2) is 31.1 Å². The molecule has 0 spiro atoms. The van der Waals surface area contributed by atoms with Crippen LogP contribution >= 0.6 is 0 Å². The highest BCUT2D eigenvalue weighted by Gasteiger charge is 2.16. The van der Waals surface area contributed by atoms with E-state index in [-0.39, 0.29) is 0 Å². The zero-order valence-electron chi connectivity index (χ0n) is 11.1. The molecule has 0 aliphatic carbocycles. The van der Waals surface area contributed by atoms with Gasteiger partial charge in [-0.1, -0.05) is 42.5 Å². The van der Waals surface area contributed by atoms with Gasteiger partial charge >= 0.3 is 0 Å². The Morgan fingerprint density at radius 1 is 0.842 bits per heavy atom. The highest BCUT2D eigenvalue weighted by Crippen LogP contribution is 2.16. The summed E-state index contributed by atoms with van der Waals surface area (Å²) >= 11 is 0. The third kappa shape index (κ3) is 3.15. The first kappa shape index (κ1) is 12.2. The molecule has 2 aromatic carbocycles. The maximum atomic E-state index is 3.07. The van der Waals surface area contributed by atoms with Crippen LogP contribution in [0.25, 0.3) is 0 Å². The van der Waals surface area contributed by atoms with E-state index in [4.69, 9.17) is 0 Å². The molecule has 3 rings (SSSR count). The minimum atomic E-state index is 1.05. The van der Waals surface area contributed by atoms with Gasteiger partial charge in [-0.3, -0.25) is 4.90 Å². The van der Waals surface area contributed by atoms with Crippen LogP contribution in [0.3, 0.4) is 0 Å². The Hall–Kier alpha value is -1.80. The maximum Gasteiger partial charge on any atom is 0.0367 e. The van der Waals surface area contributed by atoms with Crippen molar-refractivity contribution in [3.8, 4) is 0 Å². The smallest absolute Gasteiger partial charge is 0.0367 e. The second kappa shape index (κ2) is 5.89. The zero-order valence-corrected chi connectivity index (χ0v) is 11.1. The third-order valence-corrected chi connectivity index (χ3v) is 3.69. The number of anilines is 1. The average Bonchev–Trinajstić information content (AvgIpc) is 2.50. The highest BCUT2D eigenvalue weighted by molar-refractivity contribution is 5.46. The summed E-state index contributed by atoms with van der Waals surface area (Å²) in [5.41, 5.74) is 2.73. The van der Waals surface area contributed by atoms with Crippen LogP contribution in [0.15, 0.2) is 54.6 Å². The molecule has 2 heteroatoms. The van der Waals surface area contributed by atoms with Crippen molar-refractivity contribution in [1.29, 1.82) is 0 Å². The molecule has 0 N–H and O–H groups in total. The first-order valence-corrected chi connectivity index (χ1v) is 6.89. The number of hydrogen-bond donors (Lipinski definition) is 0. The van der Waals surface area contributed by atoms with Crippen molar-refractivity contribution in [3.63, 3.8) is 0 Å². The summed E-state index contributed by atoms with van der Waals surface area (Å²) in [5, 5.41) is 0. The molecule has 1 radical (unpaired) electrons. The molecular weight excluding hydrogens is 232 g/mol. The summed E-state index contributed by atoms with van der Waals surface area (Å²) in [6.45, 7) is 5.55. The number of rotatable bonds is 3. The van der Waals surface area contributed by atoms with Gasteiger partial charge in [0.1, 0.15) is 0 Å². The van der Waals surface area contributed by atoms with Crippen molar-refractivity contribution in [2.24, 2.45) is 0 Å². The van der Waals surface area contributed by atoms with Gasteiger partial charge in [0.2, 0.25) is 0 Å². The standard InChI is InChI=1S/C17H19N2/c1-3-7-16(8-4-1)15-18-11-13-19(14-12-18)17-9-5-2-6-10-17/h2-10H,11-15H2. The van der Waals surface area contributed by atoms with Gasteiger partial charge in [0, 0.05) is 38.4 Å². The Bertz CT molecular complexity index is 487. The minimum Gasteiger partial charge on any atom is -0.369 e. The first-order valence-electron chi connectivity index (χ1n) is 6.89. The molecule has 1 saturated heterocycles. The fourth-order valence-corrected chi connectivity index (χ4v) is 2.59. The molecular formula is C17H19N2. The predicted octanol–water partition coefficient (Wildman–Crippen LogP) is 2.81. The van der Waals surface area contributed by atoms with Crippen molar-refractivity contribution in [2.75, 3.05) is 31.1 Å². The molecule has 0 aromatic heterocycles. The lowest BCUT2D eigenvalue weighted by Crippen LogP contribution is -2.45.